The van der Waals surface area contributed by atoms with E-state index in [2.05, 4.69) is 22.2 Å². The maximum Gasteiger partial charge on any atom is 0.254 e. The largest absolute Gasteiger partial charge is 0.493 e. The highest BCUT2D eigenvalue weighted by molar-refractivity contribution is 7.09. The van der Waals surface area contributed by atoms with Crippen molar-refractivity contribution < 1.29 is 14.3 Å². The van der Waals surface area contributed by atoms with Gasteiger partial charge in [0.05, 0.1) is 24.9 Å². The Labute approximate surface area is 158 Å². The molecule has 3 rings (SSSR count). The monoisotopic (exact) mass is 375 g/mol. The van der Waals surface area contributed by atoms with Crippen LogP contribution < -0.4 is 9.47 Å². The molecule has 1 aromatic carbocycles. The predicted molar refractivity (Wildman–Crippen MR) is 102 cm³/mol. The normalized spacial score (nSPS) is 15.1. The van der Waals surface area contributed by atoms with Crippen molar-refractivity contribution in [2.45, 2.75) is 19.9 Å². The average molecular weight is 375 g/mol. The van der Waals surface area contributed by atoms with Gasteiger partial charge in [-0.2, -0.15) is 0 Å². The molecule has 2 heterocycles. The van der Waals surface area contributed by atoms with Crippen LogP contribution in [0.2, 0.25) is 0 Å². The molecule has 0 N–H and O–H groups in total. The number of ether oxygens (including phenoxy) is 2. The number of benzene rings is 1. The molecule has 2 aromatic rings. The Hall–Kier alpha value is -2.12. The third kappa shape index (κ3) is 4.16. The lowest BCUT2D eigenvalue weighted by Gasteiger charge is -2.34. The van der Waals surface area contributed by atoms with E-state index in [4.69, 9.17) is 9.47 Å². The number of nitrogens with zero attached hydrogens (tertiary/aromatic N) is 3. The number of carbonyl (C=O) groups is 1. The van der Waals surface area contributed by atoms with Crippen LogP contribution in [0.25, 0.3) is 0 Å². The molecule has 7 heteroatoms. The number of amides is 1. The van der Waals surface area contributed by atoms with E-state index in [0.717, 1.165) is 44.8 Å². The van der Waals surface area contributed by atoms with Crippen LogP contribution in [-0.2, 0) is 13.0 Å². The number of hydrogen-bond acceptors (Lipinski definition) is 6. The molecule has 26 heavy (non-hydrogen) atoms. The van der Waals surface area contributed by atoms with E-state index in [1.54, 1.807) is 43.8 Å². The number of hydrogen-bond donors (Lipinski definition) is 0. The van der Waals surface area contributed by atoms with Crippen molar-refractivity contribution in [2.24, 2.45) is 0 Å². The van der Waals surface area contributed by atoms with Crippen LogP contribution in [0.3, 0.4) is 0 Å². The molecule has 0 saturated carbocycles. The highest BCUT2D eigenvalue weighted by atomic mass is 32.1. The molecule has 1 fully saturated rings. The van der Waals surface area contributed by atoms with E-state index >= 15 is 0 Å². The maximum atomic E-state index is 12.8. The first-order chi connectivity index (χ1) is 12.6. The summed E-state index contributed by atoms with van der Waals surface area (Å²) in [6.45, 7) is 6.14. The van der Waals surface area contributed by atoms with Gasteiger partial charge in [0.25, 0.3) is 5.91 Å². The van der Waals surface area contributed by atoms with E-state index in [9.17, 15) is 4.79 Å². The van der Waals surface area contributed by atoms with Gasteiger partial charge in [0.2, 0.25) is 0 Å². The molecule has 0 spiro atoms. The minimum atomic E-state index is 0.0348. The van der Waals surface area contributed by atoms with Gasteiger partial charge in [-0.1, -0.05) is 6.92 Å². The minimum absolute atomic E-state index is 0.0348. The maximum absolute atomic E-state index is 12.8. The third-order valence-corrected chi connectivity index (χ3v) is 5.62. The van der Waals surface area contributed by atoms with Gasteiger partial charge >= 0.3 is 0 Å². The summed E-state index contributed by atoms with van der Waals surface area (Å²) in [5.74, 6) is 1.24. The van der Waals surface area contributed by atoms with E-state index < -0.39 is 0 Å². The molecule has 0 unspecified atom stereocenters. The summed E-state index contributed by atoms with van der Waals surface area (Å²) in [6.07, 6.45) is 0.984. The van der Waals surface area contributed by atoms with Gasteiger partial charge in [0.1, 0.15) is 0 Å². The highest BCUT2D eigenvalue weighted by Gasteiger charge is 2.23. The smallest absolute Gasteiger partial charge is 0.254 e. The van der Waals surface area contributed by atoms with Crippen LogP contribution in [0.15, 0.2) is 23.6 Å². The van der Waals surface area contributed by atoms with Gasteiger partial charge in [-0.3, -0.25) is 9.69 Å². The molecule has 1 aliphatic heterocycles. The molecule has 1 saturated heterocycles. The van der Waals surface area contributed by atoms with Gasteiger partial charge in [0, 0.05) is 43.7 Å². The molecule has 0 aliphatic carbocycles. The number of aryl methyl sites for hydroxylation is 1. The number of carbonyl (C=O) groups excluding carboxylic acids is 1. The van der Waals surface area contributed by atoms with Gasteiger partial charge < -0.3 is 14.4 Å². The molecule has 1 aliphatic rings. The fraction of sp³-hybridized carbons (Fsp3) is 0.474. The summed E-state index contributed by atoms with van der Waals surface area (Å²) in [7, 11) is 3.16. The van der Waals surface area contributed by atoms with E-state index in [0.29, 0.717) is 17.1 Å². The Morgan fingerprint density at radius 2 is 1.88 bits per heavy atom. The van der Waals surface area contributed by atoms with Crippen LogP contribution in [0, 0.1) is 0 Å². The molecule has 1 aromatic heterocycles. The summed E-state index contributed by atoms with van der Waals surface area (Å²) < 4.78 is 10.5. The quantitative estimate of drug-likeness (QED) is 0.777. The lowest BCUT2D eigenvalue weighted by Crippen LogP contribution is -2.48. The average Bonchev–Trinajstić information content (AvgIpc) is 3.15. The molecule has 0 bridgehead atoms. The number of piperazine rings is 1. The van der Waals surface area contributed by atoms with Crippen molar-refractivity contribution >= 4 is 17.2 Å². The zero-order chi connectivity index (χ0) is 18.5. The molecule has 6 nitrogen and oxygen atoms in total. The van der Waals surface area contributed by atoms with Crippen molar-refractivity contribution in [1.29, 1.82) is 0 Å². The first-order valence-electron chi connectivity index (χ1n) is 8.81. The molecule has 0 atom stereocenters. The van der Waals surface area contributed by atoms with E-state index in [1.807, 2.05) is 4.90 Å². The van der Waals surface area contributed by atoms with Crippen LogP contribution in [-0.4, -0.2) is 61.1 Å². The second-order valence-electron chi connectivity index (χ2n) is 6.22. The van der Waals surface area contributed by atoms with E-state index in [1.165, 1.54) is 5.01 Å². The van der Waals surface area contributed by atoms with Crippen molar-refractivity contribution in [2.75, 3.05) is 40.4 Å². The molecule has 140 valence electrons. The second-order valence-corrected chi connectivity index (χ2v) is 7.17. The standard InChI is InChI=1S/C19H25N3O3S/c1-4-18-20-15(13-26-18)12-21-7-9-22(10-8-21)19(23)14-5-6-16(24-2)17(11-14)25-3/h5-6,11,13H,4,7-10,12H2,1-3H3. The first kappa shape index (κ1) is 18.7. The first-order valence-corrected chi connectivity index (χ1v) is 9.69. The Morgan fingerprint density at radius 3 is 2.50 bits per heavy atom. The van der Waals surface area contributed by atoms with Crippen LogP contribution in [0.1, 0.15) is 28.0 Å². The molecule has 0 radical (unpaired) electrons. The summed E-state index contributed by atoms with van der Waals surface area (Å²) in [4.78, 5) is 21.7. The highest BCUT2D eigenvalue weighted by Crippen LogP contribution is 2.28. The summed E-state index contributed by atoms with van der Waals surface area (Å²) in [5.41, 5.74) is 1.76. The van der Waals surface area contributed by atoms with Crippen LogP contribution >= 0.6 is 11.3 Å². The lowest BCUT2D eigenvalue weighted by atomic mass is 10.1. The van der Waals surface area contributed by atoms with Crippen molar-refractivity contribution in [3.63, 3.8) is 0 Å². The lowest BCUT2D eigenvalue weighted by molar-refractivity contribution is 0.0627. The van der Waals surface area contributed by atoms with Gasteiger partial charge in [0.15, 0.2) is 11.5 Å². The summed E-state index contributed by atoms with van der Waals surface area (Å²) >= 11 is 1.72. The topological polar surface area (TPSA) is 54.9 Å². The Bertz CT molecular complexity index is 754. The van der Waals surface area contributed by atoms with Gasteiger partial charge in [-0.25, -0.2) is 4.98 Å². The van der Waals surface area contributed by atoms with Gasteiger partial charge in [-0.05, 0) is 24.6 Å². The fourth-order valence-corrected chi connectivity index (χ4v) is 3.81. The minimum Gasteiger partial charge on any atom is -0.493 e. The Balaban J connectivity index is 1.58. The molecular weight excluding hydrogens is 350 g/mol. The van der Waals surface area contributed by atoms with Crippen LogP contribution in [0.4, 0.5) is 0 Å². The summed E-state index contributed by atoms with van der Waals surface area (Å²) in [5, 5.41) is 3.32. The van der Waals surface area contributed by atoms with Crippen molar-refractivity contribution in [3.8, 4) is 11.5 Å². The summed E-state index contributed by atoms with van der Waals surface area (Å²) in [6, 6.07) is 5.31. The number of methoxy groups -OCH3 is 2. The number of thiazole rings is 1. The fourth-order valence-electron chi connectivity index (χ4n) is 3.07. The third-order valence-electron chi connectivity index (χ3n) is 4.58. The Morgan fingerprint density at radius 1 is 1.15 bits per heavy atom. The van der Waals surface area contributed by atoms with Gasteiger partial charge in [-0.15, -0.1) is 11.3 Å². The number of rotatable bonds is 6. The zero-order valence-electron chi connectivity index (χ0n) is 15.5. The molecular formula is C19H25N3O3S. The van der Waals surface area contributed by atoms with Crippen molar-refractivity contribution in [1.82, 2.24) is 14.8 Å². The van der Waals surface area contributed by atoms with Crippen molar-refractivity contribution in [3.05, 3.63) is 39.8 Å². The molecule has 1 amide bonds. The van der Waals surface area contributed by atoms with Crippen LogP contribution in [0.5, 0.6) is 11.5 Å². The number of aromatic nitrogens is 1. The zero-order valence-corrected chi connectivity index (χ0v) is 16.3. The predicted octanol–water partition coefficient (Wildman–Crippen LogP) is 2.68. The van der Waals surface area contributed by atoms with E-state index in [-0.39, 0.29) is 5.91 Å². The Kier molecular flexibility index (Phi) is 6.11. The SMILES string of the molecule is CCc1nc(CN2CCN(C(=O)c3ccc(OC)c(OC)c3)CC2)cs1. The second kappa shape index (κ2) is 8.51.